The fourth-order valence-corrected chi connectivity index (χ4v) is 3.56. The lowest BCUT2D eigenvalue weighted by atomic mass is 10.2. The molecule has 2 aliphatic rings. The standard InChI is InChI=1S/C18H22N4O4/c23-16-10-22(9-15(16)21-5-7-25-8-6-21)17(24)11-26-18-13-3-1-2-4-14(13)19-12-20-18/h1-4,12,15-16,23H,5-11H2/t15-,16-/m1/s1. The van der Waals surface area contributed by atoms with Crippen LogP contribution in [0.1, 0.15) is 0 Å². The Bertz CT molecular complexity index is 775. The van der Waals surface area contributed by atoms with Gasteiger partial charge in [0.1, 0.15) is 6.33 Å². The van der Waals surface area contributed by atoms with Crippen LogP contribution in [0.2, 0.25) is 0 Å². The Morgan fingerprint density at radius 3 is 2.88 bits per heavy atom. The third kappa shape index (κ3) is 3.48. The van der Waals surface area contributed by atoms with E-state index >= 15 is 0 Å². The zero-order valence-corrected chi connectivity index (χ0v) is 14.5. The van der Waals surface area contributed by atoms with E-state index < -0.39 is 6.10 Å². The number of likely N-dealkylation sites (tertiary alicyclic amines) is 1. The van der Waals surface area contributed by atoms with Gasteiger partial charge in [-0.2, -0.15) is 0 Å². The van der Waals surface area contributed by atoms with Gasteiger partial charge < -0.3 is 19.5 Å². The van der Waals surface area contributed by atoms with E-state index in [9.17, 15) is 9.90 Å². The molecule has 0 bridgehead atoms. The molecular weight excluding hydrogens is 336 g/mol. The number of aromatic nitrogens is 2. The monoisotopic (exact) mass is 358 g/mol. The number of para-hydroxylation sites is 1. The van der Waals surface area contributed by atoms with Crippen molar-refractivity contribution in [2.75, 3.05) is 46.0 Å². The van der Waals surface area contributed by atoms with Crippen molar-refractivity contribution in [1.29, 1.82) is 0 Å². The largest absolute Gasteiger partial charge is 0.467 e. The van der Waals surface area contributed by atoms with Crippen LogP contribution >= 0.6 is 0 Å². The Labute approximate surface area is 151 Å². The molecule has 2 aromatic rings. The van der Waals surface area contributed by atoms with Crippen molar-refractivity contribution in [3.8, 4) is 5.88 Å². The second-order valence-electron chi connectivity index (χ2n) is 6.57. The summed E-state index contributed by atoms with van der Waals surface area (Å²) in [5.41, 5.74) is 0.772. The highest BCUT2D eigenvalue weighted by atomic mass is 16.5. The van der Waals surface area contributed by atoms with E-state index in [1.165, 1.54) is 6.33 Å². The van der Waals surface area contributed by atoms with E-state index in [2.05, 4.69) is 14.9 Å². The van der Waals surface area contributed by atoms with Crippen LogP contribution in [0.4, 0.5) is 0 Å². The first kappa shape index (κ1) is 17.1. The Kier molecular flexibility index (Phi) is 4.96. The van der Waals surface area contributed by atoms with Gasteiger partial charge >= 0.3 is 0 Å². The van der Waals surface area contributed by atoms with E-state index in [4.69, 9.17) is 9.47 Å². The maximum Gasteiger partial charge on any atom is 0.260 e. The molecule has 1 N–H and O–H groups in total. The first-order valence-electron chi connectivity index (χ1n) is 8.82. The van der Waals surface area contributed by atoms with Gasteiger partial charge in [-0.25, -0.2) is 9.97 Å². The number of carbonyl (C=O) groups is 1. The maximum atomic E-state index is 12.5. The number of ether oxygens (including phenoxy) is 2. The van der Waals surface area contributed by atoms with Crippen molar-refractivity contribution in [1.82, 2.24) is 19.8 Å². The van der Waals surface area contributed by atoms with Crippen LogP contribution in [-0.2, 0) is 9.53 Å². The van der Waals surface area contributed by atoms with E-state index in [1.807, 2.05) is 24.3 Å². The molecule has 2 fully saturated rings. The molecular formula is C18H22N4O4. The minimum Gasteiger partial charge on any atom is -0.467 e. The van der Waals surface area contributed by atoms with Gasteiger partial charge in [0, 0.05) is 26.2 Å². The Morgan fingerprint density at radius 2 is 2.04 bits per heavy atom. The van der Waals surface area contributed by atoms with Crippen molar-refractivity contribution < 1.29 is 19.4 Å². The summed E-state index contributed by atoms with van der Waals surface area (Å²) in [7, 11) is 0. The molecule has 26 heavy (non-hydrogen) atoms. The fourth-order valence-electron chi connectivity index (χ4n) is 3.56. The number of carbonyl (C=O) groups excluding carboxylic acids is 1. The van der Waals surface area contributed by atoms with E-state index in [0.717, 1.165) is 24.0 Å². The summed E-state index contributed by atoms with van der Waals surface area (Å²) in [6.45, 7) is 3.63. The zero-order valence-electron chi connectivity index (χ0n) is 14.5. The number of morpholine rings is 1. The first-order valence-corrected chi connectivity index (χ1v) is 8.82. The normalized spacial score (nSPS) is 24.1. The highest BCUT2D eigenvalue weighted by Crippen LogP contribution is 2.21. The molecule has 1 aromatic carbocycles. The second kappa shape index (κ2) is 7.53. The van der Waals surface area contributed by atoms with Crippen LogP contribution in [0.5, 0.6) is 5.88 Å². The number of benzene rings is 1. The molecule has 138 valence electrons. The number of nitrogens with zero attached hydrogens (tertiary/aromatic N) is 4. The van der Waals surface area contributed by atoms with E-state index in [0.29, 0.717) is 32.2 Å². The van der Waals surface area contributed by atoms with Crippen molar-refractivity contribution >= 4 is 16.8 Å². The molecule has 0 saturated carbocycles. The van der Waals surface area contributed by atoms with Gasteiger partial charge in [0.15, 0.2) is 6.61 Å². The Morgan fingerprint density at radius 1 is 1.23 bits per heavy atom. The SMILES string of the molecule is O=C(COc1ncnc2ccccc12)N1C[C@@H](O)[C@H](N2CCOCC2)C1. The van der Waals surface area contributed by atoms with Gasteiger partial charge in [0.25, 0.3) is 5.91 Å². The zero-order chi connectivity index (χ0) is 17.9. The quantitative estimate of drug-likeness (QED) is 0.817. The highest BCUT2D eigenvalue weighted by Gasteiger charge is 2.38. The minimum atomic E-state index is -0.545. The lowest BCUT2D eigenvalue weighted by molar-refractivity contribution is -0.132. The topological polar surface area (TPSA) is 88.0 Å². The number of aliphatic hydroxyl groups is 1. The molecule has 1 aromatic heterocycles. The van der Waals surface area contributed by atoms with Gasteiger partial charge in [-0.1, -0.05) is 12.1 Å². The molecule has 8 nitrogen and oxygen atoms in total. The lowest BCUT2D eigenvalue weighted by Crippen LogP contribution is -2.49. The molecule has 0 unspecified atom stereocenters. The van der Waals surface area contributed by atoms with Crippen LogP contribution in [0, 0.1) is 0 Å². The van der Waals surface area contributed by atoms with Crippen molar-refractivity contribution in [3.05, 3.63) is 30.6 Å². The number of amides is 1. The molecule has 0 aliphatic carbocycles. The molecule has 4 rings (SSSR count). The van der Waals surface area contributed by atoms with Gasteiger partial charge in [-0.05, 0) is 12.1 Å². The molecule has 8 heteroatoms. The fraction of sp³-hybridized carbons (Fsp3) is 0.500. The summed E-state index contributed by atoms with van der Waals surface area (Å²) in [6.07, 6.45) is 0.882. The molecule has 3 heterocycles. The predicted octanol–water partition coefficient (Wildman–Crippen LogP) is -0.0875. The Hall–Kier alpha value is -2.29. The number of fused-ring (bicyclic) bond motifs is 1. The van der Waals surface area contributed by atoms with Crippen LogP contribution < -0.4 is 4.74 Å². The first-order chi connectivity index (χ1) is 12.7. The maximum absolute atomic E-state index is 12.5. The number of aliphatic hydroxyl groups excluding tert-OH is 1. The molecule has 2 aliphatic heterocycles. The van der Waals surface area contributed by atoms with E-state index in [1.54, 1.807) is 4.90 Å². The number of hydrogen-bond acceptors (Lipinski definition) is 7. The predicted molar refractivity (Wildman–Crippen MR) is 93.8 cm³/mol. The van der Waals surface area contributed by atoms with Gasteiger partial charge in [0.05, 0.1) is 36.3 Å². The van der Waals surface area contributed by atoms with Gasteiger partial charge in [0.2, 0.25) is 5.88 Å². The third-order valence-corrected chi connectivity index (χ3v) is 4.97. The summed E-state index contributed by atoms with van der Waals surface area (Å²) in [4.78, 5) is 24.7. The Balaban J connectivity index is 1.37. The van der Waals surface area contributed by atoms with Crippen LogP contribution in [0.25, 0.3) is 10.9 Å². The highest BCUT2D eigenvalue weighted by molar-refractivity contribution is 5.84. The molecule has 0 radical (unpaired) electrons. The van der Waals surface area contributed by atoms with Crippen LogP contribution in [0.3, 0.4) is 0 Å². The number of rotatable bonds is 4. The summed E-state index contributed by atoms with van der Waals surface area (Å²) in [5, 5.41) is 11.1. The van der Waals surface area contributed by atoms with Crippen molar-refractivity contribution in [2.45, 2.75) is 12.1 Å². The number of hydrogen-bond donors (Lipinski definition) is 1. The summed E-state index contributed by atoms with van der Waals surface area (Å²) < 4.78 is 11.0. The summed E-state index contributed by atoms with van der Waals surface area (Å²) in [6, 6.07) is 7.47. The van der Waals surface area contributed by atoms with Gasteiger partial charge in [-0.15, -0.1) is 0 Å². The van der Waals surface area contributed by atoms with Gasteiger partial charge in [-0.3, -0.25) is 9.69 Å². The second-order valence-corrected chi connectivity index (χ2v) is 6.57. The minimum absolute atomic E-state index is 0.0391. The van der Waals surface area contributed by atoms with Crippen LogP contribution in [0.15, 0.2) is 30.6 Å². The smallest absolute Gasteiger partial charge is 0.260 e. The molecule has 0 spiro atoms. The number of β-amino-alcohol motifs (C(OH)–C–C–N with tert-alkyl or cyclic N) is 1. The summed E-state index contributed by atoms with van der Waals surface area (Å²) >= 11 is 0. The third-order valence-electron chi connectivity index (χ3n) is 4.97. The molecule has 1 amide bonds. The van der Waals surface area contributed by atoms with Crippen molar-refractivity contribution in [3.63, 3.8) is 0 Å². The van der Waals surface area contributed by atoms with E-state index in [-0.39, 0.29) is 18.6 Å². The molecule has 2 atom stereocenters. The average molecular weight is 358 g/mol. The summed E-state index contributed by atoms with van der Waals surface area (Å²) in [5.74, 6) is 0.246. The average Bonchev–Trinajstić information content (AvgIpc) is 3.08. The lowest BCUT2D eigenvalue weighted by Gasteiger charge is -2.33. The van der Waals surface area contributed by atoms with Crippen molar-refractivity contribution in [2.24, 2.45) is 0 Å². The van der Waals surface area contributed by atoms with Crippen LogP contribution in [-0.4, -0.2) is 88.9 Å². The molecule has 2 saturated heterocycles.